The first-order valence-electron chi connectivity index (χ1n) is 7.94. The fourth-order valence-electron chi connectivity index (χ4n) is 2.38. The van der Waals surface area contributed by atoms with Crippen molar-refractivity contribution in [1.82, 2.24) is 9.03 Å². The highest BCUT2D eigenvalue weighted by molar-refractivity contribution is 7.89. The summed E-state index contributed by atoms with van der Waals surface area (Å²) in [5.41, 5.74) is 0. The number of hydrogen-bond acceptors (Lipinski definition) is 6. The van der Waals surface area contributed by atoms with Crippen molar-refractivity contribution >= 4 is 20.0 Å². The molecule has 0 radical (unpaired) electrons. The molecule has 0 unspecified atom stereocenters. The van der Waals surface area contributed by atoms with Crippen molar-refractivity contribution in [2.45, 2.75) is 18.7 Å². The monoisotopic (exact) mass is 392 g/mol. The summed E-state index contributed by atoms with van der Waals surface area (Å²) in [5.74, 6) is 1.03. The summed E-state index contributed by atoms with van der Waals surface area (Å²) in [6, 6.07) is 4.38. The highest BCUT2D eigenvalue weighted by Gasteiger charge is 2.21. The van der Waals surface area contributed by atoms with Crippen LogP contribution in [0.3, 0.4) is 0 Å². The number of nitrogens with zero attached hydrogens (tertiary/aromatic N) is 1. The molecule has 1 aromatic rings. The van der Waals surface area contributed by atoms with Crippen LogP contribution in [0.1, 0.15) is 13.8 Å². The van der Waals surface area contributed by atoms with Gasteiger partial charge in [-0.05, 0) is 18.1 Å². The van der Waals surface area contributed by atoms with Crippen molar-refractivity contribution in [3.63, 3.8) is 0 Å². The Morgan fingerprint density at radius 2 is 1.76 bits per heavy atom. The molecule has 0 aromatic heterocycles. The van der Waals surface area contributed by atoms with E-state index in [0.717, 1.165) is 6.26 Å². The Hall–Kier alpha value is -1.36. The largest absolute Gasteiger partial charge is 0.486 e. The molecule has 0 atom stereocenters. The maximum atomic E-state index is 12.4. The van der Waals surface area contributed by atoms with Gasteiger partial charge in [0.2, 0.25) is 20.0 Å². The van der Waals surface area contributed by atoms with Crippen LogP contribution in [0.4, 0.5) is 0 Å². The van der Waals surface area contributed by atoms with E-state index in [0.29, 0.717) is 31.3 Å². The second-order valence-corrected chi connectivity index (χ2v) is 9.97. The van der Waals surface area contributed by atoms with Crippen molar-refractivity contribution in [2.24, 2.45) is 5.92 Å². The summed E-state index contributed by atoms with van der Waals surface area (Å²) < 4.78 is 62.8. The SMILES string of the molecule is CC(C)CN(CCNS(=O)(=O)c1ccc2c(c1)OCCO2)S(C)(=O)=O. The van der Waals surface area contributed by atoms with Crippen molar-refractivity contribution in [3.05, 3.63) is 18.2 Å². The van der Waals surface area contributed by atoms with Crippen LogP contribution in [0.15, 0.2) is 23.1 Å². The zero-order chi connectivity index (χ0) is 18.7. The highest BCUT2D eigenvalue weighted by Crippen LogP contribution is 2.32. The Balaban J connectivity index is 2.03. The minimum atomic E-state index is -3.77. The molecule has 142 valence electrons. The lowest BCUT2D eigenvalue weighted by atomic mass is 10.2. The molecule has 1 aliphatic rings. The molecule has 1 N–H and O–H groups in total. The number of nitrogens with one attached hydrogen (secondary N) is 1. The zero-order valence-electron chi connectivity index (χ0n) is 14.6. The Kier molecular flexibility index (Phi) is 6.30. The summed E-state index contributed by atoms with van der Waals surface area (Å²) >= 11 is 0. The molecule has 0 saturated heterocycles. The van der Waals surface area contributed by atoms with E-state index in [1.807, 2.05) is 13.8 Å². The van der Waals surface area contributed by atoms with Crippen LogP contribution >= 0.6 is 0 Å². The van der Waals surface area contributed by atoms with Crippen molar-refractivity contribution in [2.75, 3.05) is 39.1 Å². The second kappa shape index (κ2) is 7.90. The number of ether oxygens (including phenoxy) is 2. The summed E-state index contributed by atoms with van der Waals surface area (Å²) in [7, 11) is -7.16. The Bertz CT molecular complexity index is 805. The maximum absolute atomic E-state index is 12.4. The van der Waals surface area contributed by atoms with Crippen LogP contribution in [-0.4, -0.2) is 60.2 Å². The molecule has 8 nitrogen and oxygen atoms in total. The molecule has 2 rings (SSSR count). The topological polar surface area (TPSA) is 102 Å². The van der Waals surface area contributed by atoms with E-state index in [1.54, 1.807) is 6.07 Å². The molecule has 0 amide bonds. The van der Waals surface area contributed by atoms with Gasteiger partial charge in [-0.3, -0.25) is 0 Å². The second-order valence-electron chi connectivity index (χ2n) is 6.22. The summed E-state index contributed by atoms with van der Waals surface area (Å²) in [4.78, 5) is 0.0477. The standard InChI is InChI=1S/C15H24N2O6S2/c1-12(2)11-17(24(3,18)19)7-6-16-25(20,21)13-4-5-14-15(10-13)23-9-8-22-14/h4-5,10,12,16H,6-9,11H2,1-3H3. The summed E-state index contributed by atoms with van der Waals surface area (Å²) in [6.07, 6.45) is 1.12. The van der Waals surface area contributed by atoms with Gasteiger partial charge < -0.3 is 9.47 Å². The molecule has 1 aliphatic heterocycles. The van der Waals surface area contributed by atoms with Crippen LogP contribution < -0.4 is 14.2 Å². The highest BCUT2D eigenvalue weighted by atomic mass is 32.2. The smallest absolute Gasteiger partial charge is 0.240 e. The molecular formula is C15H24N2O6S2. The van der Waals surface area contributed by atoms with E-state index in [1.165, 1.54) is 16.4 Å². The van der Waals surface area contributed by atoms with Gasteiger partial charge in [-0.1, -0.05) is 13.8 Å². The van der Waals surface area contributed by atoms with E-state index >= 15 is 0 Å². The molecular weight excluding hydrogens is 368 g/mol. The molecule has 0 fully saturated rings. The van der Waals surface area contributed by atoms with Crippen LogP contribution in [0.25, 0.3) is 0 Å². The number of fused-ring (bicyclic) bond motifs is 1. The van der Waals surface area contributed by atoms with E-state index < -0.39 is 20.0 Å². The molecule has 25 heavy (non-hydrogen) atoms. The predicted molar refractivity (Wildman–Crippen MR) is 93.9 cm³/mol. The van der Waals surface area contributed by atoms with Crippen LogP contribution in [0, 0.1) is 5.92 Å². The van der Waals surface area contributed by atoms with Crippen LogP contribution in [0.2, 0.25) is 0 Å². The van der Waals surface area contributed by atoms with E-state index in [9.17, 15) is 16.8 Å². The molecule has 0 aliphatic carbocycles. The molecule has 0 saturated carbocycles. The first-order valence-corrected chi connectivity index (χ1v) is 11.3. The minimum Gasteiger partial charge on any atom is -0.486 e. The Morgan fingerprint density at radius 3 is 2.36 bits per heavy atom. The van der Waals surface area contributed by atoms with E-state index in [-0.39, 0.29) is 23.9 Å². The average Bonchev–Trinajstić information content (AvgIpc) is 2.52. The van der Waals surface area contributed by atoms with E-state index in [4.69, 9.17) is 9.47 Å². The Morgan fingerprint density at radius 1 is 1.12 bits per heavy atom. The molecule has 1 heterocycles. The molecule has 10 heteroatoms. The van der Waals surface area contributed by atoms with Crippen LogP contribution in [0.5, 0.6) is 11.5 Å². The number of hydrogen-bond donors (Lipinski definition) is 1. The summed E-state index contributed by atoms with van der Waals surface area (Å²) in [6.45, 7) is 4.98. The fourth-order valence-corrected chi connectivity index (χ4v) is 4.41. The third-order valence-corrected chi connectivity index (χ3v) is 6.24. The lowest BCUT2D eigenvalue weighted by molar-refractivity contribution is 0.171. The number of rotatable bonds is 8. The van der Waals surface area contributed by atoms with Gasteiger partial charge in [0, 0.05) is 25.7 Å². The fraction of sp³-hybridized carbons (Fsp3) is 0.600. The first-order chi connectivity index (χ1) is 11.6. The van der Waals surface area contributed by atoms with Gasteiger partial charge in [0.25, 0.3) is 0 Å². The van der Waals surface area contributed by atoms with Gasteiger partial charge in [0.05, 0.1) is 11.2 Å². The van der Waals surface area contributed by atoms with Crippen molar-refractivity contribution in [3.8, 4) is 11.5 Å². The van der Waals surface area contributed by atoms with Crippen molar-refractivity contribution in [1.29, 1.82) is 0 Å². The average molecular weight is 392 g/mol. The zero-order valence-corrected chi connectivity index (χ0v) is 16.2. The third-order valence-electron chi connectivity index (χ3n) is 3.52. The maximum Gasteiger partial charge on any atom is 0.240 e. The van der Waals surface area contributed by atoms with Gasteiger partial charge in [-0.25, -0.2) is 25.9 Å². The predicted octanol–water partition coefficient (Wildman–Crippen LogP) is 0.654. The van der Waals surface area contributed by atoms with Gasteiger partial charge >= 0.3 is 0 Å². The van der Waals surface area contributed by atoms with E-state index in [2.05, 4.69) is 4.72 Å². The first kappa shape index (κ1) is 20.0. The normalized spacial score (nSPS) is 14.9. The molecule has 0 bridgehead atoms. The quantitative estimate of drug-likeness (QED) is 0.697. The number of benzene rings is 1. The summed E-state index contributed by atoms with van der Waals surface area (Å²) in [5, 5.41) is 0. The third kappa shape index (κ3) is 5.56. The van der Waals surface area contributed by atoms with Crippen molar-refractivity contribution < 1.29 is 26.3 Å². The lowest BCUT2D eigenvalue weighted by Crippen LogP contribution is -2.39. The van der Waals surface area contributed by atoms with Gasteiger partial charge in [-0.2, -0.15) is 0 Å². The van der Waals surface area contributed by atoms with Gasteiger partial charge in [0.15, 0.2) is 11.5 Å². The molecule has 1 aromatic carbocycles. The lowest BCUT2D eigenvalue weighted by Gasteiger charge is -2.22. The van der Waals surface area contributed by atoms with Gasteiger partial charge in [0.1, 0.15) is 13.2 Å². The van der Waals surface area contributed by atoms with Crippen LogP contribution in [-0.2, 0) is 20.0 Å². The molecule has 0 spiro atoms. The van der Waals surface area contributed by atoms with Gasteiger partial charge in [-0.15, -0.1) is 0 Å². The minimum absolute atomic E-state index is 0.0173. The number of sulfonamides is 2. The Labute approximate surface area is 149 Å².